The number of ether oxygens (including phenoxy) is 2. The second kappa shape index (κ2) is 8.20. The Balaban J connectivity index is 1.90. The van der Waals surface area contributed by atoms with Gasteiger partial charge in [-0.3, -0.25) is 0 Å². The van der Waals surface area contributed by atoms with Crippen molar-refractivity contribution in [3.63, 3.8) is 0 Å². The van der Waals surface area contributed by atoms with E-state index < -0.39 is 0 Å². The molecule has 0 bridgehead atoms. The van der Waals surface area contributed by atoms with E-state index in [0.717, 1.165) is 20.4 Å². The molecule has 21 heavy (non-hydrogen) atoms. The van der Waals surface area contributed by atoms with Crippen LogP contribution in [-0.2, 0) is 11.3 Å². The van der Waals surface area contributed by atoms with Gasteiger partial charge in [0, 0.05) is 0 Å². The van der Waals surface area contributed by atoms with Crippen molar-refractivity contribution in [1.82, 2.24) is 0 Å². The molecule has 110 valence electrons. The molecule has 0 aliphatic carbocycles. The largest absolute Gasteiger partial charge is 0.483 e. The van der Waals surface area contributed by atoms with Crippen molar-refractivity contribution >= 4 is 22.6 Å². The number of aryl methyl sites for hydroxylation is 1. The van der Waals surface area contributed by atoms with E-state index in [4.69, 9.17) is 9.47 Å². The standard InChI is InChI=1S/C18H19IO2/c1-3-16(13-20-12-15-9-5-4-6-10-15)21-18-14(2)8-7-11-17(18)19/h3-11,16H,1,12-13H2,2H3/t16-/m0/s1. The normalized spacial score (nSPS) is 11.9. The van der Waals surface area contributed by atoms with Gasteiger partial charge in [0.2, 0.25) is 0 Å². The van der Waals surface area contributed by atoms with E-state index in [1.165, 1.54) is 0 Å². The van der Waals surface area contributed by atoms with Gasteiger partial charge in [0.1, 0.15) is 11.9 Å². The summed E-state index contributed by atoms with van der Waals surface area (Å²) in [6.45, 7) is 6.95. The van der Waals surface area contributed by atoms with E-state index in [1.54, 1.807) is 6.08 Å². The molecule has 0 N–H and O–H groups in total. The van der Waals surface area contributed by atoms with E-state index in [-0.39, 0.29) is 6.10 Å². The lowest BCUT2D eigenvalue weighted by Crippen LogP contribution is -2.21. The maximum atomic E-state index is 6.01. The number of hydrogen-bond donors (Lipinski definition) is 0. The Morgan fingerprint density at radius 3 is 2.57 bits per heavy atom. The molecule has 0 amide bonds. The minimum atomic E-state index is -0.150. The third kappa shape index (κ3) is 4.86. The van der Waals surface area contributed by atoms with Crippen LogP contribution in [0.2, 0.25) is 0 Å². The van der Waals surface area contributed by atoms with E-state index in [9.17, 15) is 0 Å². The van der Waals surface area contributed by atoms with Gasteiger partial charge in [-0.15, -0.1) is 0 Å². The summed E-state index contributed by atoms with van der Waals surface area (Å²) in [5, 5.41) is 0. The average Bonchev–Trinajstić information content (AvgIpc) is 2.50. The highest BCUT2D eigenvalue weighted by molar-refractivity contribution is 14.1. The maximum absolute atomic E-state index is 6.01. The van der Waals surface area contributed by atoms with E-state index in [0.29, 0.717) is 13.2 Å². The Bertz CT molecular complexity index is 561. The summed E-state index contributed by atoms with van der Waals surface area (Å²) in [7, 11) is 0. The number of hydrogen-bond acceptors (Lipinski definition) is 2. The third-order valence-corrected chi connectivity index (χ3v) is 3.94. The predicted molar refractivity (Wildman–Crippen MR) is 94.6 cm³/mol. The van der Waals surface area contributed by atoms with Crippen molar-refractivity contribution in [2.75, 3.05) is 6.61 Å². The summed E-state index contributed by atoms with van der Waals surface area (Å²) in [4.78, 5) is 0. The lowest BCUT2D eigenvalue weighted by atomic mass is 10.2. The zero-order chi connectivity index (χ0) is 15.1. The van der Waals surface area contributed by atoms with Gasteiger partial charge in [-0.05, 0) is 52.8 Å². The second-order valence-corrected chi connectivity index (χ2v) is 5.94. The lowest BCUT2D eigenvalue weighted by molar-refractivity contribution is 0.0604. The number of para-hydroxylation sites is 1. The molecule has 3 heteroatoms. The van der Waals surface area contributed by atoms with Gasteiger partial charge in [-0.25, -0.2) is 0 Å². The van der Waals surface area contributed by atoms with Crippen LogP contribution in [0, 0.1) is 10.5 Å². The third-order valence-electron chi connectivity index (χ3n) is 3.09. The van der Waals surface area contributed by atoms with Gasteiger partial charge in [0.05, 0.1) is 16.8 Å². The highest BCUT2D eigenvalue weighted by Crippen LogP contribution is 2.26. The summed E-state index contributed by atoms with van der Waals surface area (Å²) in [5.74, 6) is 0.909. The van der Waals surface area contributed by atoms with Crippen LogP contribution in [-0.4, -0.2) is 12.7 Å². The first-order valence-electron chi connectivity index (χ1n) is 6.86. The van der Waals surface area contributed by atoms with Crippen LogP contribution in [0.1, 0.15) is 11.1 Å². The number of benzene rings is 2. The van der Waals surface area contributed by atoms with Gasteiger partial charge in [-0.1, -0.05) is 49.0 Å². The molecule has 0 aliphatic heterocycles. The summed E-state index contributed by atoms with van der Waals surface area (Å²) >= 11 is 2.28. The Morgan fingerprint density at radius 1 is 1.14 bits per heavy atom. The average molecular weight is 394 g/mol. The predicted octanol–water partition coefficient (Wildman–Crippen LogP) is 4.75. The molecule has 0 aliphatic rings. The van der Waals surface area contributed by atoms with Gasteiger partial charge >= 0.3 is 0 Å². The van der Waals surface area contributed by atoms with Crippen molar-refractivity contribution in [2.24, 2.45) is 0 Å². The summed E-state index contributed by atoms with van der Waals surface area (Å²) in [5.41, 5.74) is 2.28. The first-order valence-corrected chi connectivity index (χ1v) is 7.94. The van der Waals surface area contributed by atoms with Crippen LogP contribution in [0.25, 0.3) is 0 Å². The fourth-order valence-corrected chi connectivity index (χ4v) is 2.69. The van der Waals surface area contributed by atoms with Crippen LogP contribution >= 0.6 is 22.6 Å². The lowest BCUT2D eigenvalue weighted by Gasteiger charge is -2.18. The Morgan fingerprint density at radius 2 is 1.90 bits per heavy atom. The highest BCUT2D eigenvalue weighted by atomic mass is 127. The molecule has 0 spiro atoms. The minimum Gasteiger partial charge on any atom is -0.483 e. The highest BCUT2D eigenvalue weighted by Gasteiger charge is 2.11. The molecule has 0 aromatic heterocycles. The molecule has 2 aromatic carbocycles. The summed E-state index contributed by atoms with van der Waals surface area (Å²) < 4.78 is 12.8. The summed E-state index contributed by atoms with van der Waals surface area (Å²) in [6, 6.07) is 16.2. The van der Waals surface area contributed by atoms with Crippen LogP contribution in [0.4, 0.5) is 0 Å². The minimum absolute atomic E-state index is 0.150. The van der Waals surface area contributed by atoms with Gasteiger partial charge < -0.3 is 9.47 Å². The zero-order valence-corrected chi connectivity index (χ0v) is 14.2. The van der Waals surface area contributed by atoms with Crippen molar-refractivity contribution in [2.45, 2.75) is 19.6 Å². The molecular weight excluding hydrogens is 375 g/mol. The number of halogens is 1. The molecule has 0 radical (unpaired) electrons. The van der Waals surface area contributed by atoms with Crippen LogP contribution in [0.3, 0.4) is 0 Å². The second-order valence-electron chi connectivity index (χ2n) is 4.78. The zero-order valence-electron chi connectivity index (χ0n) is 12.1. The van der Waals surface area contributed by atoms with E-state index >= 15 is 0 Å². The molecule has 0 saturated heterocycles. The molecule has 0 unspecified atom stereocenters. The van der Waals surface area contributed by atoms with E-state index in [2.05, 4.69) is 29.2 Å². The van der Waals surface area contributed by atoms with Crippen molar-refractivity contribution in [3.8, 4) is 5.75 Å². The molecule has 2 nitrogen and oxygen atoms in total. The van der Waals surface area contributed by atoms with Crippen molar-refractivity contribution in [1.29, 1.82) is 0 Å². The van der Waals surface area contributed by atoms with Crippen LogP contribution < -0.4 is 4.74 Å². The van der Waals surface area contributed by atoms with Gasteiger partial charge in [0.15, 0.2) is 0 Å². The van der Waals surface area contributed by atoms with Crippen molar-refractivity contribution in [3.05, 3.63) is 75.9 Å². The van der Waals surface area contributed by atoms with Crippen LogP contribution in [0.15, 0.2) is 61.2 Å². The molecule has 2 aromatic rings. The topological polar surface area (TPSA) is 18.5 Å². The van der Waals surface area contributed by atoms with Gasteiger partial charge in [-0.2, -0.15) is 0 Å². The molecule has 0 fully saturated rings. The molecule has 0 saturated carbocycles. The smallest absolute Gasteiger partial charge is 0.140 e. The first-order chi connectivity index (χ1) is 10.2. The molecule has 1 atom stereocenters. The first kappa shape index (κ1) is 16.0. The van der Waals surface area contributed by atoms with Crippen LogP contribution in [0.5, 0.6) is 5.75 Å². The Kier molecular flexibility index (Phi) is 6.26. The SMILES string of the molecule is C=C[C@@H](COCc1ccccc1)Oc1c(C)cccc1I. The fraction of sp³-hybridized carbons (Fsp3) is 0.222. The monoisotopic (exact) mass is 394 g/mol. The van der Waals surface area contributed by atoms with Gasteiger partial charge in [0.25, 0.3) is 0 Å². The molecule has 2 rings (SSSR count). The van der Waals surface area contributed by atoms with E-state index in [1.807, 2.05) is 55.5 Å². The van der Waals surface area contributed by atoms with Crippen molar-refractivity contribution < 1.29 is 9.47 Å². The Hall–Kier alpha value is -1.33. The quantitative estimate of drug-likeness (QED) is 0.499. The molecule has 0 heterocycles. The summed E-state index contributed by atoms with van der Waals surface area (Å²) in [6.07, 6.45) is 1.64. The fourth-order valence-electron chi connectivity index (χ4n) is 1.93. The maximum Gasteiger partial charge on any atom is 0.140 e. The number of rotatable bonds is 7. The molecular formula is C18H19IO2. The Labute approximate surface area is 139 Å².